The van der Waals surface area contributed by atoms with Gasteiger partial charge < -0.3 is 11.1 Å². The fourth-order valence-corrected chi connectivity index (χ4v) is 1.88. The summed E-state index contributed by atoms with van der Waals surface area (Å²) in [6.07, 6.45) is 0.359. The maximum absolute atomic E-state index is 10.8. The van der Waals surface area contributed by atoms with Crippen LogP contribution in [0.25, 0.3) is 0 Å². The Morgan fingerprint density at radius 1 is 1.64 bits per heavy atom. The van der Waals surface area contributed by atoms with Crippen molar-refractivity contribution in [2.75, 3.05) is 0 Å². The van der Waals surface area contributed by atoms with Crippen molar-refractivity contribution in [3.05, 3.63) is 22.4 Å². The Balaban J connectivity index is 2.40. The molecule has 0 aromatic carbocycles. The van der Waals surface area contributed by atoms with Crippen LogP contribution in [0, 0.1) is 0 Å². The van der Waals surface area contributed by atoms with E-state index in [1.54, 1.807) is 11.3 Å². The minimum atomic E-state index is -0.270. The molecule has 78 valence electrons. The number of primary amides is 1. The number of nitrogens with two attached hydrogens (primary N) is 1. The first-order chi connectivity index (χ1) is 6.49. The lowest BCUT2D eigenvalue weighted by molar-refractivity contribution is -0.119. The summed E-state index contributed by atoms with van der Waals surface area (Å²) in [7, 11) is 0. The van der Waals surface area contributed by atoms with Crippen LogP contribution in [0.3, 0.4) is 0 Å². The minimum Gasteiger partial charge on any atom is -0.370 e. The van der Waals surface area contributed by atoms with Crippen LogP contribution in [0.4, 0.5) is 0 Å². The van der Waals surface area contributed by atoms with Gasteiger partial charge in [-0.05, 0) is 25.3 Å². The van der Waals surface area contributed by atoms with E-state index in [0.29, 0.717) is 6.42 Å². The molecule has 0 unspecified atom stereocenters. The lowest BCUT2D eigenvalue weighted by Crippen LogP contribution is -2.42. The molecule has 0 saturated carbocycles. The van der Waals surface area contributed by atoms with Gasteiger partial charge in [-0.25, -0.2) is 0 Å². The fourth-order valence-electron chi connectivity index (χ4n) is 1.24. The van der Waals surface area contributed by atoms with Gasteiger partial charge in [-0.15, -0.1) is 11.3 Å². The van der Waals surface area contributed by atoms with Gasteiger partial charge in [0, 0.05) is 23.4 Å². The quantitative estimate of drug-likeness (QED) is 0.777. The Labute approximate surface area is 88.3 Å². The predicted molar refractivity (Wildman–Crippen MR) is 59.0 cm³/mol. The summed E-state index contributed by atoms with van der Waals surface area (Å²) in [5.41, 5.74) is 4.92. The molecule has 1 aromatic heterocycles. The summed E-state index contributed by atoms with van der Waals surface area (Å²) in [4.78, 5) is 12.0. The van der Waals surface area contributed by atoms with E-state index in [1.165, 1.54) is 4.88 Å². The van der Waals surface area contributed by atoms with Crippen LogP contribution in [0.15, 0.2) is 17.5 Å². The maximum atomic E-state index is 10.8. The summed E-state index contributed by atoms with van der Waals surface area (Å²) in [6.45, 7) is 4.74. The van der Waals surface area contributed by atoms with Crippen molar-refractivity contribution in [2.24, 2.45) is 5.73 Å². The van der Waals surface area contributed by atoms with E-state index in [9.17, 15) is 4.79 Å². The smallest absolute Gasteiger partial charge is 0.219 e. The van der Waals surface area contributed by atoms with E-state index < -0.39 is 0 Å². The molecule has 1 heterocycles. The van der Waals surface area contributed by atoms with Crippen LogP contribution in [0.1, 0.15) is 25.1 Å². The first kappa shape index (κ1) is 11.2. The second-order valence-electron chi connectivity index (χ2n) is 3.96. The molecule has 14 heavy (non-hydrogen) atoms. The zero-order chi connectivity index (χ0) is 10.6. The molecule has 0 radical (unpaired) electrons. The number of carbonyl (C=O) groups excluding carboxylic acids is 1. The maximum Gasteiger partial charge on any atom is 0.219 e. The highest BCUT2D eigenvalue weighted by Gasteiger charge is 2.19. The molecule has 0 aliphatic rings. The van der Waals surface area contributed by atoms with Gasteiger partial charge in [0.05, 0.1) is 0 Å². The van der Waals surface area contributed by atoms with Crippen LogP contribution in [-0.4, -0.2) is 11.4 Å². The number of rotatable bonds is 5. The van der Waals surface area contributed by atoms with Crippen molar-refractivity contribution in [1.29, 1.82) is 0 Å². The third-order valence-electron chi connectivity index (χ3n) is 1.94. The zero-order valence-corrected chi connectivity index (χ0v) is 9.36. The molecule has 0 spiro atoms. The van der Waals surface area contributed by atoms with Gasteiger partial charge in [0.1, 0.15) is 0 Å². The summed E-state index contributed by atoms with van der Waals surface area (Å²) in [6, 6.07) is 4.08. The molecular formula is C10H16N2OS. The highest BCUT2D eigenvalue weighted by atomic mass is 32.1. The Bertz CT molecular complexity index is 293. The molecule has 3 nitrogen and oxygen atoms in total. The lowest BCUT2D eigenvalue weighted by Gasteiger charge is -2.24. The van der Waals surface area contributed by atoms with Gasteiger partial charge in [-0.2, -0.15) is 0 Å². The second kappa shape index (κ2) is 4.57. The van der Waals surface area contributed by atoms with Crippen LogP contribution < -0.4 is 11.1 Å². The number of nitrogens with one attached hydrogen (secondary N) is 1. The molecule has 0 fully saturated rings. The first-order valence-electron chi connectivity index (χ1n) is 4.55. The topological polar surface area (TPSA) is 55.1 Å². The predicted octanol–water partition coefficient (Wildman–Crippen LogP) is 1.49. The van der Waals surface area contributed by atoms with Crippen molar-refractivity contribution in [2.45, 2.75) is 32.4 Å². The monoisotopic (exact) mass is 212 g/mol. The summed E-state index contributed by atoms with van der Waals surface area (Å²) in [5, 5.41) is 5.34. The minimum absolute atomic E-state index is 0.226. The number of hydrogen-bond donors (Lipinski definition) is 2. The van der Waals surface area contributed by atoms with Gasteiger partial charge in [0.2, 0.25) is 5.91 Å². The van der Waals surface area contributed by atoms with Gasteiger partial charge >= 0.3 is 0 Å². The largest absolute Gasteiger partial charge is 0.370 e. The van der Waals surface area contributed by atoms with E-state index in [-0.39, 0.29) is 11.4 Å². The van der Waals surface area contributed by atoms with E-state index in [2.05, 4.69) is 11.4 Å². The molecule has 0 aliphatic heterocycles. The van der Waals surface area contributed by atoms with Gasteiger partial charge in [0.25, 0.3) is 0 Å². The highest BCUT2D eigenvalue weighted by molar-refractivity contribution is 7.09. The van der Waals surface area contributed by atoms with Gasteiger partial charge in [-0.3, -0.25) is 4.79 Å². The molecule has 0 bridgehead atoms. The van der Waals surface area contributed by atoms with Crippen LogP contribution in [0.2, 0.25) is 0 Å². The fraction of sp³-hybridized carbons (Fsp3) is 0.500. The molecule has 1 rings (SSSR count). The number of thiophene rings is 1. The number of amides is 1. The number of carbonyl (C=O) groups is 1. The molecule has 0 saturated heterocycles. The molecule has 0 atom stereocenters. The van der Waals surface area contributed by atoms with E-state index >= 15 is 0 Å². The normalized spacial score (nSPS) is 11.6. The summed E-state index contributed by atoms with van der Waals surface area (Å²) >= 11 is 1.70. The third-order valence-corrected chi connectivity index (χ3v) is 2.81. The van der Waals surface area contributed by atoms with E-state index in [1.807, 2.05) is 25.3 Å². The van der Waals surface area contributed by atoms with E-state index in [0.717, 1.165) is 6.54 Å². The average molecular weight is 212 g/mol. The molecule has 0 aliphatic carbocycles. The first-order valence-corrected chi connectivity index (χ1v) is 5.43. The Kier molecular flexibility index (Phi) is 3.66. The SMILES string of the molecule is CC(C)(CC(N)=O)NCc1cccs1. The Hall–Kier alpha value is -0.870. The van der Waals surface area contributed by atoms with Crippen molar-refractivity contribution >= 4 is 17.2 Å². The highest BCUT2D eigenvalue weighted by Crippen LogP contribution is 2.12. The van der Waals surface area contributed by atoms with Crippen LogP contribution in [0.5, 0.6) is 0 Å². The summed E-state index contributed by atoms with van der Waals surface area (Å²) in [5.74, 6) is -0.270. The van der Waals surface area contributed by atoms with Crippen LogP contribution >= 0.6 is 11.3 Å². The molecule has 4 heteroatoms. The second-order valence-corrected chi connectivity index (χ2v) is 4.99. The number of hydrogen-bond acceptors (Lipinski definition) is 3. The van der Waals surface area contributed by atoms with Gasteiger partial charge in [0.15, 0.2) is 0 Å². The van der Waals surface area contributed by atoms with Crippen molar-refractivity contribution < 1.29 is 4.79 Å². The van der Waals surface area contributed by atoms with Crippen molar-refractivity contribution in [3.63, 3.8) is 0 Å². The van der Waals surface area contributed by atoms with Crippen LogP contribution in [-0.2, 0) is 11.3 Å². The average Bonchev–Trinajstić information content (AvgIpc) is 2.50. The molecule has 1 amide bonds. The standard InChI is InChI=1S/C10H16N2OS/c1-10(2,6-9(11)13)12-7-8-4-3-5-14-8/h3-5,12H,6-7H2,1-2H3,(H2,11,13). The lowest BCUT2D eigenvalue weighted by atomic mass is 10.0. The Morgan fingerprint density at radius 3 is 2.86 bits per heavy atom. The van der Waals surface area contributed by atoms with E-state index in [4.69, 9.17) is 5.73 Å². The van der Waals surface area contributed by atoms with Gasteiger partial charge in [-0.1, -0.05) is 6.07 Å². The molecule has 1 aromatic rings. The molecule has 3 N–H and O–H groups in total. The third kappa shape index (κ3) is 3.89. The van der Waals surface area contributed by atoms with Crippen molar-refractivity contribution in [1.82, 2.24) is 5.32 Å². The van der Waals surface area contributed by atoms with Crippen molar-refractivity contribution in [3.8, 4) is 0 Å². The molecular weight excluding hydrogens is 196 g/mol. The Morgan fingerprint density at radius 2 is 2.36 bits per heavy atom. The summed E-state index contributed by atoms with van der Waals surface area (Å²) < 4.78 is 0. The zero-order valence-electron chi connectivity index (χ0n) is 8.54.